The molecule has 1 aliphatic carbocycles. The van der Waals surface area contributed by atoms with E-state index in [2.05, 4.69) is 35.8 Å². The second-order valence-electron chi connectivity index (χ2n) is 9.47. The van der Waals surface area contributed by atoms with Crippen LogP contribution in [0.4, 0.5) is 19.0 Å². The number of carbonyl (C=O) groups is 1. The number of nitrogens with zero attached hydrogens (tertiary/aromatic N) is 4. The molecule has 174 valence electrons. The van der Waals surface area contributed by atoms with Crippen molar-refractivity contribution in [2.24, 2.45) is 17.1 Å². The summed E-state index contributed by atoms with van der Waals surface area (Å²) in [5, 5.41) is 4.23. The lowest BCUT2D eigenvalue weighted by Crippen LogP contribution is -2.40. The van der Waals surface area contributed by atoms with Gasteiger partial charge in [0.2, 0.25) is 5.88 Å². The average Bonchev–Trinajstić information content (AvgIpc) is 3.27. The van der Waals surface area contributed by atoms with Gasteiger partial charge >= 0.3 is 6.18 Å². The van der Waals surface area contributed by atoms with Gasteiger partial charge in [0.15, 0.2) is 5.82 Å². The van der Waals surface area contributed by atoms with E-state index in [1.165, 1.54) is 10.7 Å². The van der Waals surface area contributed by atoms with Crippen molar-refractivity contribution in [1.82, 2.24) is 14.8 Å². The van der Waals surface area contributed by atoms with Crippen LogP contribution < -0.4 is 15.4 Å². The predicted octanol–water partition coefficient (Wildman–Crippen LogP) is 4.10. The summed E-state index contributed by atoms with van der Waals surface area (Å²) in [5.41, 5.74) is 3.97. The van der Waals surface area contributed by atoms with Gasteiger partial charge in [0, 0.05) is 24.3 Å². The van der Waals surface area contributed by atoms with Crippen LogP contribution in [0.25, 0.3) is 5.82 Å². The Morgan fingerprint density at radius 3 is 2.56 bits per heavy atom. The van der Waals surface area contributed by atoms with Crippen LogP contribution in [-0.2, 0) is 0 Å². The third-order valence-corrected chi connectivity index (χ3v) is 6.67. The molecular formula is C22H28F3N5O2. The van der Waals surface area contributed by atoms with E-state index in [0.29, 0.717) is 23.1 Å². The van der Waals surface area contributed by atoms with Crippen molar-refractivity contribution < 1.29 is 22.7 Å². The first kappa shape index (κ1) is 22.4. The first-order valence-corrected chi connectivity index (χ1v) is 10.8. The Hall–Kier alpha value is -2.78. The number of alkyl halides is 3. The zero-order valence-electron chi connectivity index (χ0n) is 18.4. The molecule has 2 aromatic heterocycles. The lowest BCUT2D eigenvalue weighted by Gasteiger charge is -2.33. The maximum absolute atomic E-state index is 13.1. The van der Waals surface area contributed by atoms with Gasteiger partial charge in [0.05, 0.1) is 5.56 Å². The van der Waals surface area contributed by atoms with Crippen LogP contribution in [0.1, 0.15) is 56.8 Å². The highest BCUT2D eigenvalue weighted by molar-refractivity contribution is 5.98. The summed E-state index contributed by atoms with van der Waals surface area (Å²) in [6.07, 6.45) is -0.584. The highest BCUT2D eigenvalue weighted by Gasteiger charge is 2.64. The number of halogens is 3. The molecule has 1 saturated carbocycles. The minimum atomic E-state index is -4.28. The molecule has 4 rings (SSSR count). The maximum atomic E-state index is 13.1. The summed E-state index contributed by atoms with van der Waals surface area (Å²) in [6.45, 7) is 6.66. The van der Waals surface area contributed by atoms with Gasteiger partial charge in [-0.1, -0.05) is 13.3 Å². The fourth-order valence-corrected chi connectivity index (χ4v) is 4.38. The van der Waals surface area contributed by atoms with E-state index in [1.54, 1.807) is 18.3 Å². The SMILES string of the molecule is CCC1CN(c2nc(-n3ccc(OCC4(C(F)(F)F)CC4)n3)ccc2C(N)=O)C(C)(C)C1. The van der Waals surface area contributed by atoms with Crippen LogP contribution in [0.3, 0.4) is 0 Å². The van der Waals surface area contributed by atoms with Crippen molar-refractivity contribution in [2.75, 3.05) is 18.1 Å². The van der Waals surface area contributed by atoms with Gasteiger partial charge in [-0.25, -0.2) is 9.67 Å². The van der Waals surface area contributed by atoms with Gasteiger partial charge in [-0.3, -0.25) is 4.79 Å². The van der Waals surface area contributed by atoms with E-state index in [9.17, 15) is 18.0 Å². The normalized spacial score (nSPS) is 21.6. The zero-order valence-corrected chi connectivity index (χ0v) is 18.4. The van der Waals surface area contributed by atoms with Crippen LogP contribution in [-0.4, -0.2) is 45.5 Å². The maximum Gasteiger partial charge on any atom is 0.397 e. The fraction of sp³-hybridized carbons (Fsp3) is 0.591. The molecule has 3 heterocycles. The van der Waals surface area contributed by atoms with Crippen LogP contribution in [0.2, 0.25) is 0 Å². The topological polar surface area (TPSA) is 86.3 Å². The van der Waals surface area contributed by atoms with Gasteiger partial charge in [0.25, 0.3) is 5.91 Å². The standard InChI is InChI=1S/C22H28F3N5O2/c1-4-14-11-20(2,3)29(12-14)19-15(18(26)31)5-6-16(27-19)30-10-7-17(28-30)32-13-21(8-9-21)22(23,24)25/h5-7,10,14H,4,8-9,11-13H2,1-3H3,(H2,26,31). The van der Waals surface area contributed by atoms with Crippen molar-refractivity contribution in [3.8, 4) is 11.7 Å². The molecule has 2 fully saturated rings. The molecule has 2 N–H and O–H groups in total. The molecule has 0 spiro atoms. The van der Waals surface area contributed by atoms with Crippen molar-refractivity contribution in [2.45, 2.75) is 58.2 Å². The molecule has 1 aliphatic heterocycles. The van der Waals surface area contributed by atoms with E-state index >= 15 is 0 Å². The van der Waals surface area contributed by atoms with Gasteiger partial charge in [0.1, 0.15) is 17.8 Å². The summed E-state index contributed by atoms with van der Waals surface area (Å²) < 4.78 is 46.1. The number of carbonyl (C=O) groups excluding carboxylic acids is 1. The number of ether oxygens (including phenoxy) is 1. The van der Waals surface area contributed by atoms with Gasteiger partial charge in [-0.2, -0.15) is 13.2 Å². The summed E-state index contributed by atoms with van der Waals surface area (Å²) in [7, 11) is 0. The smallest absolute Gasteiger partial charge is 0.397 e. The number of aromatic nitrogens is 3. The molecular weight excluding hydrogens is 423 g/mol. The van der Waals surface area contributed by atoms with E-state index in [1.807, 2.05) is 0 Å². The molecule has 0 radical (unpaired) electrons. The molecule has 2 aromatic rings. The number of nitrogens with two attached hydrogens (primary N) is 1. The van der Waals surface area contributed by atoms with Gasteiger partial charge in [-0.15, -0.1) is 5.10 Å². The average molecular weight is 451 g/mol. The number of pyridine rings is 1. The second kappa shape index (κ2) is 7.67. The molecule has 1 amide bonds. The molecule has 1 atom stereocenters. The summed E-state index contributed by atoms with van der Waals surface area (Å²) in [4.78, 5) is 18.9. The Bertz CT molecular complexity index is 1010. The molecule has 10 heteroatoms. The lowest BCUT2D eigenvalue weighted by molar-refractivity contribution is -0.194. The minimum Gasteiger partial charge on any atom is -0.476 e. The van der Waals surface area contributed by atoms with Crippen LogP contribution in [0, 0.1) is 11.3 Å². The van der Waals surface area contributed by atoms with Crippen molar-refractivity contribution >= 4 is 11.7 Å². The van der Waals surface area contributed by atoms with Gasteiger partial charge in [-0.05, 0) is 51.2 Å². The fourth-order valence-electron chi connectivity index (χ4n) is 4.38. The van der Waals surface area contributed by atoms with E-state index < -0.39 is 24.1 Å². The Kier molecular flexibility index (Phi) is 5.37. The molecule has 0 bridgehead atoms. The molecule has 0 aromatic carbocycles. The lowest BCUT2D eigenvalue weighted by atomic mass is 9.95. The number of amides is 1. The minimum absolute atomic E-state index is 0.0705. The number of primary amides is 1. The largest absolute Gasteiger partial charge is 0.476 e. The first-order valence-electron chi connectivity index (χ1n) is 10.8. The third kappa shape index (κ3) is 4.02. The molecule has 32 heavy (non-hydrogen) atoms. The van der Waals surface area contributed by atoms with Crippen LogP contribution >= 0.6 is 0 Å². The Morgan fingerprint density at radius 1 is 1.28 bits per heavy atom. The number of hydrogen-bond donors (Lipinski definition) is 1. The van der Waals surface area contributed by atoms with Crippen LogP contribution in [0.15, 0.2) is 24.4 Å². The zero-order chi connectivity index (χ0) is 23.3. The highest BCUT2D eigenvalue weighted by atomic mass is 19.4. The summed E-state index contributed by atoms with van der Waals surface area (Å²) in [5.74, 6) is 0.913. The summed E-state index contributed by atoms with van der Waals surface area (Å²) in [6, 6.07) is 4.72. The molecule has 1 saturated heterocycles. The van der Waals surface area contributed by atoms with E-state index in [4.69, 9.17) is 10.5 Å². The van der Waals surface area contributed by atoms with Crippen molar-refractivity contribution in [3.63, 3.8) is 0 Å². The predicted molar refractivity (Wildman–Crippen MR) is 113 cm³/mol. The van der Waals surface area contributed by atoms with Gasteiger partial charge < -0.3 is 15.4 Å². The van der Waals surface area contributed by atoms with E-state index in [0.717, 1.165) is 19.4 Å². The third-order valence-electron chi connectivity index (χ3n) is 6.67. The van der Waals surface area contributed by atoms with Crippen LogP contribution in [0.5, 0.6) is 5.88 Å². The Labute approximate surface area is 184 Å². The Balaban J connectivity index is 1.59. The quantitative estimate of drug-likeness (QED) is 0.685. The molecule has 2 aliphatic rings. The second-order valence-corrected chi connectivity index (χ2v) is 9.47. The molecule has 1 unspecified atom stereocenters. The Morgan fingerprint density at radius 2 is 2.00 bits per heavy atom. The number of anilines is 1. The highest BCUT2D eigenvalue weighted by Crippen LogP contribution is 2.57. The monoisotopic (exact) mass is 451 g/mol. The van der Waals surface area contributed by atoms with E-state index in [-0.39, 0.29) is 24.3 Å². The first-order chi connectivity index (χ1) is 15.0. The van der Waals surface area contributed by atoms with Crippen molar-refractivity contribution in [1.29, 1.82) is 0 Å². The number of hydrogen-bond acceptors (Lipinski definition) is 5. The number of rotatable bonds is 7. The molecule has 7 nitrogen and oxygen atoms in total. The van der Waals surface area contributed by atoms with Crippen molar-refractivity contribution in [3.05, 3.63) is 30.0 Å². The summed E-state index contributed by atoms with van der Waals surface area (Å²) >= 11 is 0.